The minimum atomic E-state index is -4.92. The van der Waals surface area contributed by atoms with Crippen LogP contribution >= 0.6 is 0 Å². The van der Waals surface area contributed by atoms with Crippen molar-refractivity contribution in [2.45, 2.75) is 97.0 Å². The Hall–Kier alpha value is -3.22. The van der Waals surface area contributed by atoms with Crippen LogP contribution in [0.2, 0.25) is 0 Å². The Bertz CT molecular complexity index is 1200. The number of carbonyl (C=O) groups excluding carboxylic acids is 2. The summed E-state index contributed by atoms with van der Waals surface area (Å²) in [6.45, 7) is 10.8. The van der Waals surface area contributed by atoms with Crippen LogP contribution < -0.4 is 5.48 Å². The number of hydroxylamine groups is 3. The minimum Gasteiger partial charge on any atom is -0.465 e. The third-order valence-corrected chi connectivity index (χ3v) is 7.54. The number of carbonyl (C=O) groups is 4. The standard InChI is InChI=1S/C23H38N6O11S/c1-22(2,3)16-11-14(9-10-26(16)18(24-19(31)32)28(21(34)35)23(4,5)6)39-25-17(30)15-8-7-13-12-27(15)20(33)29(13)40-41(36,37)38/h13-16H,7-12H2,1-6H3,(H,25,30)(H,31,32)(H,34,35)(H,36,37,38)/t13-,14?,15+,16?/m1/s1. The molecule has 232 valence electrons. The van der Waals surface area contributed by atoms with E-state index >= 15 is 0 Å². The van der Waals surface area contributed by atoms with E-state index in [1.807, 2.05) is 20.8 Å². The number of hydrogen-bond donors (Lipinski definition) is 4. The first kappa shape index (κ1) is 32.3. The van der Waals surface area contributed by atoms with Gasteiger partial charge in [0.2, 0.25) is 5.96 Å². The fraction of sp³-hybridized carbons (Fsp3) is 0.783. The number of fused-ring (bicyclic) bond motifs is 2. The van der Waals surface area contributed by atoms with Crippen LogP contribution in [0.5, 0.6) is 0 Å². The van der Waals surface area contributed by atoms with Crippen LogP contribution in [-0.2, 0) is 24.3 Å². The fourth-order valence-corrected chi connectivity index (χ4v) is 5.80. The lowest BCUT2D eigenvalue weighted by molar-refractivity contribution is -0.148. The van der Waals surface area contributed by atoms with Crippen LogP contribution in [0, 0.1) is 5.41 Å². The number of nitrogens with zero attached hydrogens (tertiary/aromatic N) is 5. The molecule has 2 bridgehead atoms. The van der Waals surface area contributed by atoms with E-state index in [0.29, 0.717) is 5.06 Å². The SMILES string of the molecule is CC(C)(C)C1CC(ONC(=O)[C@@H]2CC[C@@H]3CN2C(=O)N3OS(=O)(=O)O)CCN1C(=NC(=O)O)N(C(=O)O)C(C)(C)C. The smallest absolute Gasteiger partial charge is 0.434 e. The second-order valence-electron chi connectivity index (χ2n) is 12.3. The molecular formula is C23H38N6O11S. The summed E-state index contributed by atoms with van der Waals surface area (Å²) in [4.78, 5) is 62.5. The Balaban J connectivity index is 1.73. The van der Waals surface area contributed by atoms with E-state index in [2.05, 4.69) is 14.8 Å². The number of urea groups is 1. The Morgan fingerprint density at radius 2 is 1.71 bits per heavy atom. The third-order valence-electron chi connectivity index (χ3n) is 7.19. The van der Waals surface area contributed by atoms with Crippen LogP contribution in [0.25, 0.3) is 0 Å². The van der Waals surface area contributed by atoms with E-state index in [0.717, 1.165) is 9.80 Å². The van der Waals surface area contributed by atoms with Crippen molar-refractivity contribution in [2.75, 3.05) is 13.1 Å². The molecule has 17 nitrogen and oxygen atoms in total. The molecule has 0 aromatic heterocycles. The molecule has 0 aromatic rings. The molecule has 3 fully saturated rings. The van der Waals surface area contributed by atoms with Gasteiger partial charge in [0.15, 0.2) is 0 Å². The lowest BCUT2D eigenvalue weighted by atomic mass is 9.79. The number of aliphatic imine (C=N–C) groups is 1. The minimum absolute atomic E-state index is 0.0243. The van der Waals surface area contributed by atoms with Gasteiger partial charge in [-0.05, 0) is 51.9 Å². The van der Waals surface area contributed by atoms with Crippen molar-refractivity contribution in [2.24, 2.45) is 10.4 Å². The van der Waals surface area contributed by atoms with E-state index in [9.17, 15) is 37.8 Å². The second kappa shape index (κ2) is 11.6. The summed E-state index contributed by atoms with van der Waals surface area (Å²) in [5, 5.41) is 20.0. The van der Waals surface area contributed by atoms with Gasteiger partial charge in [-0.2, -0.15) is 13.5 Å². The summed E-state index contributed by atoms with van der Waals surface area (Å²) in [5.41, 5.74) is 0.897. The molecule has 41 heavy (non-hydrogen) atoms. The lowest BCUT2D eigenvalue weighted by Gasteiger charge is -2.49. The molecule has 4 atom stereocenters. The van der Waals surface area contributed by atoms with Crippen molar-refractivity contribution >= 4 is 40.5 Å². The Morgan fingerprint density at radius 3 is 2.22 bits per heavy atom. The molecule has 3 aliphatic rings. The summed E-state index contributed by atoms with van der Waals surface area (Å²) in [6.07, 6.45) is -2.42. The van der Waals surface area contributed by atoms with Gasteiger partial charge in [0, 0.05) is 24.7 Å². The molecule has 3 rings (SSSR count). The number of rotatable bonds is 5. The van der Waals surface area contributed by atoms with E-state index in [-0.39, 0.29) is 44.7 Å². The predicted molar refractivity (Wildman–Crippen MR) is 141 cm³/mol. The first-order valence-corrected chi connectivity index (χ1v) is 14.4. The zero-order chi connectivity index (χ0) is 31.1. The second-order valence-corrected chi connectivity index (χ2v) is 13.3. The van der Waals surface area contributed by atoms with Crippen LogP contribution in [-0.4, -0.2) is 116 Å². The average Bonchev–Trinajstić information content (AvgIpc) is 3.03. The number of hydrogen-bond acceptors (Lipinski definition) is 8. The molecule has 2 unspecified atom stereocenters. The largest absolute Gasteiger partial charge is 0.465 e. The summed E-state index contributed by atoms with van der Waals surface area (Å²) in [6, 6.07) is -2.93. The molecule has 3 saturated heterocycles. The first-order valence-electron chi connectivity index (χ1n) is 13.0. The maximum absolute atomic E-state index is 13.0. The van der Waals surface area contributed by atoms with Gasteiger partial charge in [0.25, 0.3) is 5.91 Å². The monoisotopic (exact) mass is 606 g/mol. The number of likely N-dealkylation sites (tertiary alicyclic amines) is 1. The van der Waals surface area contributed by atoms with Crippen molar-refractivity contribution in [1.82, 2.24) is 25.2 Å². The van der Waals surface area contributed by atoms with E-state index in [4.69, 9.17) is 9.39 Å². The molecule has 18 heteroatoms. The summed E-state index contributed by atoms with van der Waals surface area (Å²) in [5.74, 6) is -0.848. The van der Waals surface area contributed by atoms with Crippen molar-refractivity contribution in [3.63, 3.8) is 0 Å². The predicted octanol–water partition coefficient (Wildman–Crippen LogP) is 1.73. The van der Waals surface area contributed by atoms with Crippen LogP contribution in [0.15, 0.2) is 4.99 Å². The van der Waals surface area contributed by atoms with Crippen molar-refractivity contribution in [3.8, 4) is 0 Å². The van der Waals surface area contributed by atoms with Gasteiger partial charge in [0.1, 0.15) is 6.04 Å². The normalized spacial score (nSPS) is 25.8. The van der Waals surface area contributed by atoms with Crippen molar-refractivity contribution < 1.29 is 51.5 Å². The van der Waals surface area contributed by atoms with E-state index in [1.165, 1.54) is 0 Å². The van der Waals surface area contributed by atoms with Gasteiger partial charge >= 0.3 is 28.6 Å². The molecule has 4 N–H and O–H groups in total. The topological polar surface area (TPSA) is 219 Å². The lowest BCUT2D eigenvalue weighted by Crippen LogP contribution is -2.62. The highest BCUT2D eigenvalue weighted by molar-refractivity contribution is 7.80. The highest BCUT2D eigenvalue weighted by atomic mass is 32.3. The zero-order valence-corrected chi connectivity index (χ0v) is 24.6. The molecule has 0 aliphatic carbocycles. The van der Waals surface area contributed by atoms with Crippen LogP contribution in [0.4, 0.5) is 14.4 Å². The number of piperidine rings is 2. The highest BCUT2D eigenvalue weighted by Crippen LogP contribution is 2.35. The van der Waals surface area contributed by atoms with E-state index < -0.39 is 69.7 Å². The van der Waals surface area contributed by atoms with Crippen molar-refractivity contribution in [3.05, 3.63) is 0 Å². The Labute approximate surface area is 237 Å². The molecule has 0 aromatic carbocycles. The number of carboxylic acid groups (broad SMARTS) is 2. The van der Waals surface area contributed by atoms with Gasteiger partial charge in [0.05, 0.1) is 12.1 Å². The molecule has 0 saturated carbocycles. The average molecular weight is 607 g/mol. The third kappa shape index (κ3) is 7.55. The zero-order valence-electron chi connectivity index (χ0n) is 23.8. The molecule has 3 heterocycles. The van der Waals surface area contributed by atoms with Crippen molar-refractivity contribution in [1.29, 1.82) is 0 Å². The molecule has 3 aliphatic heterocycles. The van der Waals surface area contributed by atoms with Gasteiger partial charge in [-0.15, -0.1) is 9.28 Å². The Morgan fingerprint density at radius 1 is 1.07 bits per heavy atom. The van der Waals surface area contributed by atoms with Gasteiger partial charge in [-0.3, -0.25) is 14.2 Å². The quantitative estimate of drug-likeness (QED) is 0.152. The molecule has 0 radical (unpaired) electrons. The van der Waals surface area contributed by atoms with E-state index in [1.54, 1.807) is 25.7 Å². The number of nitrogens with one attached hydrogen (secondary N) is 1. The Kier molecular flexibility index (Phi) is 9.12. The number of guanidine groups is 1. The maximum Gasteiger partial charge on any atom is 0.434 e. The summed E-state index contributed by atoms with van der Waals surface area (Å²) >= 11 is 0. The molecular weight excluding hydrogens is 568 g/mol. The van der Waals surface area contributed by atoms with Crippen LogP contribution in [0.3, 0.4) is 0 Å². The van der Waals surface area contributed by atoms with Gasteiger partial charge in [-0.25, -0.2) is 24.8 Å². The highest BCUT2D eigenvalue weighted by Gasteiger charge is 2.50. The van der Waals surface area contributed by atoms with Crippen LogP contribution in [0.1, 0.15) is 67.2 Å². The fourth-order valence-electron chi connectivity index (χ4n) is 5.41. The summed E-state index contributed by atoms with van der Waals surface area (Å²) < 4.78 is 35.5. The maximum atomic E-state index is 13.0. The summed E-state index contributed by atoms with van der Waals surface area (Å²) in [7, 11) is -4.92. The van der Waals surface area contributed by atoms with Gasteiger partial charge in [-0.1, -0.05) is 20.8 Å². The molecule has 5 amide bonds. The number of amides is 5. The van der Waals surface area contributed by atoms with Gasteiger partial charge < -0.3 is 20.0 Å². The molecule has 0 spiro atoms. The first-order chi connectivity index (χ1) is 18.7.